The quantitative estimate of drug-likeness (QED) is 0.565. The van der Waals surface area contributed by atoms with Gasteiger partial charge in [0.1, 0.15) is 11.4 Å². The molecule has 5 fully saturated rings. The van der Waals surface area contributed by atoms with Gasteiger partial charge in [-0.3, -0.25) is 14.5 Å². The van der Waals surface area contributed by atoms with Crippen molar-refractivity contribution in [2.24, 2.45) is 34.5 Å². The molecule has 5 aliphatic rings. The zero-order valence-electron chi connectivity index (χ0n) is 20.1. The zero-order valence-corrected chi connectivity index (χ0v) is 20.1. The topological polar surface area (TPSA) is 46.6 Å². The SMILES string of the molecule is CC1(OC(=O)CN2CCCCC2)CC[C@H]2C3CCC4CC(=O)CC[C@]4(C)[C@H]3CC[C@@]21C. The van der Waals surface area contributed by atoms with Gasteiger partial charge in [0, 0.05) is 18.3 Å². The average Bonchev–Trinajstić information content (AvgIpc) is 3.00. The van der Waals surface area contributed by atoms with Gasteiger partial charge in [-0.2, -0.15) is 0 Å². The van der Waals surface area contributed by atoms with Crippen LogP contribution in [0.3, 0.4) is 0 Å². The summed E-state index contributed by atoms with van der Waals surface area (Å²) in [5.74, 6) is 3.26. The van der Waals surface area contributed by atoms with Crippen LogP contribution in [-0.4, -0.2) is 41.9 Å². The van der Waals surface area contributed by atoms with Gasteiger partial charge in [-0.15, -0.1) is 0 Å². The summed E-state index contributed by atoms with van der Waals surface area (Å²) in [6.07, 6.45) is 13.6. The van der Waals surface area contributed by atoms with Crippen LogP contribution in [0.4, 0.5) is 0 Å². The Balaban J connectivity index is 1.30. The zero-order chi connectivity index (χ0) is 21.9. The summed E-state index contributed by atoms with van der Waals surface area (Å²) >= 11 is 0. The van der Waals surface area contributed by atoms with E-state index in [-0.39, 0.29) is 17.0 Å². The number of ether oxygens (including phenoxy) is 1. The van der Waals surface area contributed by atoms with Crippen LogP contribution in [0, 0.1) is 34.5 Å². The highest BCUT2D eigenvalue weighted by Crippen LogP contribution is 2.68. The minimum Gasteiger partial charge on any atom is -0.458 e. The first-order valence-electron chi connectivity index (χ1n) is 13.2. The summed E-state index contributed by atoms with van der Waals surface area (Å²) in [6.45, 7) is 9.74. The molecule has 0 radical (unpaired) electrons. The van der Waals surface area contributed by atoms with Crippen molar-refractivity contribution in [3.63, 3.8) is 0 Å². The highest BCUT2D eigenvalue weighted by Gasteiger charge is 2.64. The summed E-state index contributed by atoms with van der Waals surface area (Å²) in [4.78, 5) is 27.4. The number of nitrogens with zero attached hydrogens (tertiary/aromatic N) is 1. The monoisotopic (exact) mass is 429 g/mol. The molecule has 1 saturated heterocycles. The fourth-order valence-electron chi connectivity index (χ4n) is 9.02. The number of rotatable bonds is 3. The standard InChI is InChI=1S/C27H43NO3/c1-25-12-9-20(29)17-19(25)7-8-21-22(25)10-13-26(2)23(21)11-14-27(26,3)31-24(30)18-28-15-5-4-6-16-28/h19,21-23H,4-18H2,1-3H3/t19?,21?,22-,23-,25-,26-,27?/m0/s1. The van der Waals surface area contributed by atoms with Gasteiger partial charge in [0.15, 0.2) is 0 Å². The molecule has 0 aromatic carbocycles. The third-order valence-electron chi connectivity index (χ3n) is 11.2. The number of hydrogen-bond donors (Lipinski definition) is 0. The predicted molar refractivity (Wildman–Crippen MR) is 122 cm³/mol. The molecule has 0 aromatic heterocycles. The van der Waals surface area contributed by atoms with Gasteiger partial charge in [0.25, 0.3) is 0 Å². The van der Waals surface area contributed by atoms with E-state index in [1.54, 1.807) is 0 Å². The van der Waals surface area contributed by atoms with Crippen molar-refractivity contribution >= 4 is 11.8 Å². The Kier molecular flexibility index (Phi) is 5.55. The average molecular weight is 430 g/mol. The van der Waals surface area contributed by atoms with Crippen LogP contribution >= 0.6 is 0 Å². The molecule has 0 bridgehead atoms. The number of hydrogen-bond acceptors (Lipinski definition) is 4. The molecule has 0 N–H and O–H groups in total. The third kappa shape index (κ3) is 3.50. The Morgan fingerprint density at radius 2 is 1.71 bits per heavy atom. The minimum atomic E-state index is -0.324. The van der Waals surface area contributed by atoms with Crippen molar-refractivity contribution in [1.82, 2.24) is 4.90 Å². The maximum absolute atomic E-state index is 12.9. The maximum Gasteiger partial charge on any atom is 0.320 e. The number of likely N-dealkylation sites (tertiary alicyclic amines) is 1. The molecule has 7 atom stereocenters. The van der Waals surface area contributed by atoms with Crippen LogP contribution < -0.4 is 0 Å². The largest absolute Gasteiger partial charge is 0.458 e. The Morgan fingerprint density at radius 1 is 0.968 bits per heavy atom. The lowest BCUT2D eigenvalue weighted by Gasteiger charge is -2.61. The first-order valence-corrected chi connectivity index (χ1v) is 13.2. The highest BCUT2D eigenvalue weighted by molar-refractivity contribution is 5.79. The number of piperidine rings is 1. The van der Waals surface area contributed by atoms with Gasteiger partial charge in [-0.25, -0.2) is 0 Å². The molecule has 4 aliphatic carbocycles. The van der Waals surface area contributed by atoms with E-state index in [4.69, 9.17) is 4.74 Å². The summed E-state index contributed by atoms with van der Waals surface area (Å²) in [5, 5.41) is 0. The van der Waals surface area contributed by atoms with Crippen molar-refractivity contribution in [1.29, 1.82) is 0 Å². The lowest BCUT2D eigenvalue weighted by Crippen LogP contribution is -2.57. The van der Waals surface area contributed by atoms with Gasteiger partial charge < -0.3 is 4.74 Å². The molecule has 31 heavy (non-hydrogen) atoms. The highest BCUT2D eigenvalue weighted by atomic mass is 16.6. The molecule has 0 aromatic rings. The molecule has 1 heterocycles. The van der Waals surface area contributed by atoms with E-state index < -0.39 is 0 Å². The molecular weight excluding hydrogens is 386 g/mol. The van der Waals surface area contributed by atoms with E-state index in [0.29, 0.717) is 29.6 Å². The summed E-state index contributed by atoms with van der Waals surface area (Å²) < 4.78 is 6.37. The lowest BCUT2D eigenvalue weighted by molar-refractivity contribution is -0.186. The Hall–Kier alpha value is -0.900. The fourth-order valence-corrected chi connectivity index (χ4v) is 9.02. The Bertz CT molecular complexity index is 730. The first-order chi connectivity index (χ1) is 14.8. The molecule has 1 aliphatic heterocycles. The lowest BCUT2D eigenvalue weighted by atomic mass is 9.44. The number of fused-ring (bicyclic) bond motifs is 5. The van der Waals surface area contributed by atoms with Crippen molar-refractivity contribution in [2.75, 3.05) is 19.6 Å². The summed E-state index contributed by atoms with van der Waals surface area (Å²) in [6, 6.07) is 0. The fraction of sp³-hybridized carbons (Fsp3) is 0.926. The molecule has 3 unspecified atom stereocenters. The predicted octanol–water partition coefficient (Wildman–Crippen LogP) is 5.39. The van der Waals surface area contributed by atoms with E-state index in [9.17, 15) is 9.59 Å². The maximum atomic E-state index is 12.9. The van der Waals surface area contributed by atoms with Crippen LogP contribution in [0.2, 0.25) is 0 Å². The Morgan fingerprint density at radius 3 is 2.48 bits per heavy atom. The summed E-state index contributed by atoms with van der Waals surface area (Å²) in [7, 11) is 0. The Labute approximate surface area is 188 Å². The van der Waals surface area contributed by atoms with Crippen molar-refractivity contribution in [2.45, 2.75) is 103 Å². The number of ketones is 1. The van der Waals surface area contributed by atoms with Gasteiger partial charge in [0.2, 0.25) is 0 Å². The minimum absolute atomic E-state index is 0.00476. The molecule has 0 amide bonds. The van der Waals surface area contributed by atoms with E-state index >= 15 is 0 Å². The second kappa shape index (κ2) is 7.85. The van der Waals surface area contributed by atoms with E-state index in [2.05, 4.69) is 25.7 Å². The number of carbonyl (C=O) groups is 2. The molecule has 174 valence electrons. The van der Waals surface area contributed by atoms with Crippen molar-refractivity contribution in [3.8, 4) is 0 Å². The van der Waals surface area contributed by atoms with Gasteiger partial charge in [-0.1, -0.05) is 20.3 Å². The summed E-state index contributed by atoms with van der Waals surface area (Å²) in [5.41, 5.74) is 0.122. The van der Waals surface area contributed by atoms with Gasteiger partial charge in [-0.05, 0) is 107 Å². The van der Waals surface area contributed by atoms with Crippen molar-refractivity contribution in [3.05, 3.63) is 0 Å². The molecule has 4 nitrogen and oxygen atoms in total. The smallest absolute Gasteiger partial charge is 0.320 e. The van der Waals surface area contributed by atoms with E-state index in [1.807, 2.05) is 0 Å². The van der Waals surface area contributed by atoms with Gasteiger partial charge >= 0.3 is 5.97 Å². The molecule has 0 spiro atoms. The van der Waals surface area contributed by atoms with E-state index in [0.717, 1.165) is 50.6 Å². The number of carbonyl (C=O) groups excluding carboxylic acids is 2. The first kappa shape index (κ1) is 21.9. The van der Waals surface area contributed by atoms with Crippen molar-refractivity contribution < 1.29 is 14.3 Å². The van der Waals surface area contributed by atoms with Crippen LogP contribution in [0.25, 0.3) is 0 Å². The third-order valence-corrected chi connectivity index (χ3v) is 11.2. The van der Waals surface area contributed by atoms with Gasteiger partial charge in [0.05, 0.1) is 6.54 Å². The number of Topliss-reactive ketones (excluding diaryl/α,β-unsaturated/α-hetero) is 1. The van der Waals surface area contributed by atoms with Crippen LogP contribution in [0.15, 0.2) is 0 Å². The molecule has 5 rings (SSSR count). The van der Waals surface area contributed by atoms with Crippen LogP contribution in [-0.2, 0) is 14.3 Å². The molecule has 4 saturated carbocycles. The normalized spacial score (nSPS) is 47.9. The number of esters is 1. The molecular formula is C27H43NO3. The van der Waals surface area contributed by atoms with Crippen LogP contribution in [0.1, 0.15) is 97.8 Å². The second-order valence-electron chi connectivity index (χ2n) is 12.4. The van der Waals surface area contributed by atoms with Crippen LogP contribution in [0.5, 0.6) is 0 Å². The van der Waals surface area contributed by atoms with E-state index in [1.165, 1.54) is 51.4 Å². The second-order valence-corrected chi connectivity index (χ2v) is 12.4. The molecule has 4 heteroatoms.